The number of hydrogen-bond donors (Lipinski definition) is 5. The van der Waals surface area contributed by atoms with Gasteiger partial charge in [-0.15, -0.1) is 0 Å². The van der Waals surface area contributed by atoms with Crippen LogP contribution in [0.1, 0.15) is 83.3 Å². The van der Waals surface area contributed by atoms with Crippen molar-refractivity contribution in [3.05, 3.63) is 148 Å². The number of oxazole rings is 1. The predicted octanol–water partition coefficient (Wildman–Crippen LogP) is 8.79. The Balaban J connectivity index is 1.19. The van der Waals surface area contributed by atoms with E-state index in [0.717, 1.165) is 0 Å². The molecule has 6 rings (SSSR count). The van der Waals surface area contributed by atoms with Crippen LogP contribution in [0.15, 0.2) is 125 Å². The quantitative estimate of drug-likeness (QED) is 0.0227. The highest BCUT2D eigenvalue weighted by Gasteiger charge is 2.32. The number of nitriles is 2. The molecule has 0 aliphatic heterocycles. The van der Waals surface area contributed by atoms with Crippen molar-refractivity contribution < 1.29 is 56.9 Å². The predicted molar refractivity (Wildman–Crippen MR) is 308 cm³/mol. The topological polar surface area (TPSA) is 309 Å². The minimum atomic E-state index is -1.35. The third-order valence-corrected chi connectivity index (χ3v) is 13.0. The van der Waals surface area contributed by atoms with Gasteiger partial charge in [0.2, 0.25) is 17.7 Å². The molecule has 5 atom stereocenters. The lowest BCUT2D eigenvalue weighted by molar-refractivity contribution is -0.163. The fourth-order valence-corrected chi connectivity index (χ4v) is 8.78. The van der Waals surface area contributed by atoms with E-state index >= 15 is 0 Å². The molecule has 21 nitrogen and oxygen atoms in total. The molecule has 4 amide bonds. The average molecular weight is 1170 g/mol. The van der Waals surface area contributed by atoms with Gasteiger partial charge in [-0.3, -0.25) is 9.59 Å². The monoisotopic (exact) mass is 1170 g/mol. The van der Waals surface area contributed by atoms with Gasteiger partial charge in [-0.2, -0.15) is 10.5 Å². The largest absolute Gasteiger partial charge is 0.490 e. The number of alkyl carbamates (subject to hydrolysis) is 2. The molecule has 4 aromatic carbocycles. The molecule has 0 aliphatic rings. The van der Waals surface area contributed by atoms with E-state index in [0.29, 0.717) is 38.9 Å². The first kappa shape index (κ1) is 63.1. The number of anilines is 1. The highest BCUT2D eigenvalue weighted by atomic mass is 35.5. The number of esters is 2. The molecule has 0 fully saturated rings. The van der Waals surface area contributed by atoms with Crippen LogP contribution in [0.5, 0.6) is 5.75 Å². The molecule has 0 radical (unpaired) electrons. The first-order valence-electron chi connectivity index (χ1n) is 26.1. The van der Waals surface area contributed by atoms with Gasteiger partial charge in [0.15, 0.2) is 6.10 Å². The van der Waals surface area contributed by atoms with Crippen LogP contribution < -0.4 is 31.7 Å². The lowest BCUT2D eigenvalue weighted by Gasteiger charge is -2.25. The molecule has 6 N–H and O–H groups in total. The molecule has 0 bridgehead atoms. The molecule has 83 heavy (non-hydrogen) atoms. The zero-order valence-corrected chi connectivity index (χ0v) is 48.5. The summed E-state index contributed by atoms with van der Waals surface area (Å²) in [5.74, 6) is -2.69. The van der Waals surface area contributed by atoms with E-state index in [1.54, 1.807) is 139 Å². The SMILES string of the molecule is CC(NC(=O)C(Cc1ccccc1)NC(=O)OC(C)(C)C)C(=O)OCC(COc1ccc(-c2c(C#N)c(N)nc(SCc3coc(-c4ccc(Cl)cc4)n3)c2C#N)cc1)OC(=O)C(C)NC(=O)C(Cc1ccccc1)NC(=O)OC(C)(C)C. The standard InChI is InChI=1S/C60H64ClN9O12S/c1-35(65-51(71)47(27-37-15-11-9-12-16-37)68-57(75)81-59(3,4)5)55(73)79-33-44(80-56(74)36(2)66-52(72)48(28-38-17-13-10-14-18-38)69-58(76)82-60(6,7)8)32-77-43-25-21-39(22-26-43)49-45(29-62)50(64)70-54(46(49)30-63)83-34-42-31-78-53(67-42)40-19-23-41(61)24-20-40/h9-26,31,35-36,44,47-48H,27-28,32-34H2,1-8H3,(H2,64,70)(H,65,71)(H,66,72)(H,68,75)(H,69,76). The van der Waals surface area contributed by atoms with Gasteiger partial charge in [0, 0.05) is 34.7 Å². The number of carbonyl (C=O) groups is 6. The van der Waals surface area contributed by atoms with E-state index in [2.05, 4.69) is 43.4 Å². The molecule has 434 valence electrons. The fraction of sp³-hybridized carbons (Fsp3) is 0.333. The summed E-state index contributed by atoms with van der Waals surface area (Å²) in [5.41, 5.74) is 7.91. The van der Waals surface area contributed by atoms with Crippen molar-refractivity contribution in [3.63, 3.8) is 0 Å². The van der Waals surface area contributed by atoms with Crippen molar-refractivity contribution in [3.8, 4) is 40.5 Å². The summed E-state index contributed by atoms with van der Waals surface area (Å²) in [6.07, 6.45) is -1.49. The number of carbonyl (C=O) groups excluding carboxylic acids is 6. The van der Waals surface area contributed by atoms with Crippen LogP contribution in [0.3, 0.4) is 0 Å². The van der Waals surface area contributed by atoms with Crippen molar-refractivity contribution in [2.75, 3.05) is 18.9 Å². The molecule has 2 aromatic heterocycles. The van der Waals surface area contributed by atoms with Gasteiger partial charge in [0.1, 0.15) is 89.1 Å². The van der Waals surface area contributed by atoms with Crippen LogP contribution in [0.4, 0.5) is 15.4 Å². The number of nitrogens with two attached hydrogens (primary N) is 1. The van der Waals surface area contributed by atoms with Crippen molar-refractivity contribution >= 4 is 65.1 Å². The Bertz CT molecular complexity index is 3320. The molecular formula is C60H64ClN9O12S. The van der Waals surface area contributed by atoms with Crippen LogP contribution in [0.25, 0.3) is 22.6 Å². The summed E-state index contributed by atoms with van der Waals surface area (Å²) in [4.78, 5) is 89.6. The summed E-state index contributed by atoms with van der Waals surface area (Å²) < 4.78 is 34.0. The lowest BCUT2D eigenvalue weighted by Crippen LogP contribution is -2.53. The van der Waals surface area contributed by atoms with Crippen molar-refractivity contribution in [1.82, 2.24) is 31.2 Å². The maximum Gasteiger partial charge on any atom is 0.408 e. The summed E-state index contributed by atoms with van der Waals surface area (Å²) in [7, 11) is 0. The van der Waals surface area contributed by atoms with E-state index in [9.17, 15) is 39.3 Å². The van der Waals surface area contributed by atoms with E-state index in [4.69, 9.17) is 45.4 Å². The summed E-state index contributed by atoms with van der Waals surface area (Å²) >= 11 is 7.21. The Kier molecular flexibility index (Phi) is 22.1. The second-order valence-corrected chi connectivity index (χ2v) is 22.3. The van der Waals surface area contributed by atoms with Crippen LogP contribution in [0, 0.1) is 22.7 Å². The highest BCUT2D eigenvalue weighted by molar-refractivity contribution is 7.98. The van der Waals surface area contributed by atoms with Gasteiger partial charge >= 0.3 is 24.1 Å². The van der Waals surface area contributed by atoms with Crippen LogP contribution in [-0.4, -0.2) is 101 Å². The Labute approximate surface area is 489 Å². The third-order valence-electron chi connectivity index (χ3n) is 11.7. The molecule has 0 saturated carbocycles. The van der Waals surface area contributed by atoms with E-state index in [-0.39, 0.29) is 51.9 Å². The summed E-state index contributed by atoms with van der Waals surface area (Å²) in [6.45, 7) is 11.7. The number of hydrogen-bond acceptors (Lipinski definition) is 18. The number of pyridine rings is 1. The number of nitrogens with one attached hydrogen (secondary N) is 4. The van der Waals surface area contributed by atoms with Gasteiger partial charge in [-0.25, -0.2) is 29.1 Å². The molecule has 0 saturated heterocycles. The molecule has 2 heterocycles. The van der Waals surface area contributed by atoms with Crippen LogP contribution in [-0.2, 0) is 56.7 Å². The first-order valence-corrected chi connectivity index (χ1v) is 27.5. The number of amides is 4. The van der Waals surface area contributed by atoms with E-state index in [1.165, 1.54) is 44.0 Å². The molecule has 0 aliphatic carbocycles. The normalized spacial score (nSPS) is 13.0. The second-order valence-electron chi connectivity index (χ2n) is 20.9. The number of halogens is 1. The van der Waals surface area contributed by atoms with Crippen LogP contribution in [0.2, 0.25) is 5.02 Å². The Morgan fingerprint density at radius 3 is 1.67 bits per heavy atom. The number of thioether (sulfide) groups is 1. The maximum absolute atomic E-state index is 13.9. The lowest BCUT2D eigenvalue weighted by atomic mass is 9.97. The summed E-state index contributed by atoms with van der Waals surface area (Å²) in [5, 5.41) is 31.8. The third kappa shape index (κ3) is 19.5. The molecular weight excluding hydrogens is 1110 g/mol. The maximum atomic E-state index is 13.9. The fourth-order valence-electron chi connectivity index (χ4n) is 7.78. The first-order chi connectivity index (χ1) is 39.4. The number of nitrogen functional groups attached to an aromatic ring is 1. The van der Waals surface area contributed by atoms with Crippen molar-refractivity contribution in [2.24, 2.45) is 0 Å². The second kappa shape index (κ2) is 29.0. The number of rotatable bonds is 23. The number of ether oxygens (including phenoxy) is 5. The van der Waals surface area contributed by atoms with Gasteiger partial charge in [0.05, 0.1) is 11.3 Å². The van der Waals surface area contributed by atoms with Gasteiger partial charge < -0.3 is 55.1 Å². The van der Waals surface area contributed by atoms with E-state index in [1.807, 2.05) is 0 Å². The molecule has 23 heteroatoms. The minimum absolute atomic E-state index is 0.0375. The Morgan fingerprint density at radius 2 is 1.17 bits per heavy atom. The molecule has 6 aromatic rings. The number of aromatic nitrogens is 2. The number of benzene rings is 4. The Hall–Kier alpha value is -9.12. The smallest absolute Gasteiger partial charge is 0.408 e. The van der Waals surface area contributed by atoms with Gasteiger partial charge in [-0.05, 0) is 108 Å². The average Bonchev–Trinajstić information content (AvgIpc) is 3.49. The molecule has 5 unspecified atom stereocenters. The van der Waals surface area contributed by atoms with E-state index < -0.39 is 90.6 Å². The minimum Gasteiger partial charge on any atom is -0.490 e. The van der Waals surface area contributed by atoms with Gasteiger partial charge in [0.25, 0.3) is 0 Å². The molecule has 0 spiro atoms. The zero-order valence-electron chi connectivity index (χ0n) is 46.9. The van der Waals surface area contributed by atoms with Gasteiger partial charge in [-0.1, -0.05) is 96.2 Å². The van der Waals surface area contributed by atoms with Crippen molar-refractivity contribution in [2.45, 2.75) is 120 Å². The summed E-state index contributed by atoms with van der Waals surface area (Å²) in [6, 6.07) is 30.2. The highest BCUT2D eigenvalue weighted by Crippen LogP contribution is 2.37. The Morgan fingerprint density at radius 1 is 0.663 bits per heavy atom. The van der Waals surface area contributed by atoms with Crippen LogP contribution >= 0.6 is 23.4 Å². The number of nitrogens with zero attached hydrogens (tertiary/aromatic N) is 4. The zero-order chi connectivity index (χ0) is 60.4. The van der Waals surface area contributed by atoms with Crippen molar-refractivity contribution in [1.29, 1.82) is 10.5 Å².